The lowest BCUT2D eigenvalue weighted by Crippen LogP contribution is -2.24. The molecule has 0 radical (unpaired) electrons. The zero-order valence-electron chi connectivity index (χ0n) is 22.6. The molecule has 0 aliphatic rings. The first-order chi connectivity index (χ1) is 13.9. The second-order valence-corrected chi connectivity index (χ2v) is 13.6. The number of hydrogen-bond donors (Lipinski definition) is 0. The van der Waals surface area contributed by atoms with E-state index in [1.54, 1.807) is 5.56 Å². The highest BCUT2D eigenvalue weighted by Gasteiger charge is 2.28. The highest BCUT2D eigenvalue weighted by atomic mass is 14.3. The van der Waals surface area contributed by atoms with E-state index >= 15 is 0 Å². The minimum Gasteiger partial charge on any atom is -0.0617 e. The third kappa shape index (κ3) is 6.71. The fourth-order valence-electron chi connectivity index (χ4n) is 4.38. The van der Waals surface area contributed by atoms with Gasteiger partial charge in [-0.15, -0.1) is 0 Å². The monoisotopic (exact) mass is 420 g/mol. The lowest BCUT2D eigenvalue weighted by atomic mass is 9.71. The maximum absolute atomic E-state index is 2.50. The molecule has 0 atom stereocenters. The van der Waals surface area contributed by atoms with Crippen LogP contribution in [0, 0.1) is 0 Å². The summed E-state index contributed by atoms with van der Waals surface area (Å²) >= 11 is 0. The molecule has 2 rings (SSSR count). The number of benzene rings is 2. The van der Waals surface area contributed by atoms with Crippen LogP contribution >= 0.6 is 0 Å². The predicted octanol–water partition coefficient (Wildman–Crippen LogP) is 9.05. The Labute approximate surface area is 193 Å². The van der Waals surface area contributed by atoms with Gasteiger partial charge in [0.05, 0.1) is 0 Å². The van der Waals surface area contributed by atoms with Crippen molar-refractivity contribution in [1.29, 1.82) is 0 Å². The molecule has 0 unspecified atom stereocenters. The molecule has 0 bridgehead atoms. The summed E-state index contributed by atoms with van der Waals surface area (Å²) in [5.41, 5.74) is 9.67. The SMILES string of the molecule is CC(C)(C)c1cccc(CCCc2c(C(C)(C)C)cc(C(C)(C)C)cc2C(C)(C)C)c1. The van der Waals surface area contributed by atoms with E-state index in [2.05, 4.69) is 119 Å². The molecule has 0 aliphatic carbocycles. The van der Waals surface area contributed by atoms with E-state index in [1.165, 1.54) is 34.2 Å². The zero-order valence-corrected chi connectivity index (χ0v) is 22.6. The van der Waals surface area contributed by atoms with Crippen molar-refractivity contribution < 1.29 is 0 Å². The topological polar surface area (TPSA) is 0 Å². The van der Waals surface area contributed by atoms with Gasteiger partial charge in [0.25, 0.3) is 0 Å². The molecular weight excluding hydrogens is 372 g/mol. The first kappa shape index (κ1) is 25.7. The Bertz CT molecular complexity index is 848. The van der Waals surface area contributed by atoms with Crippen LogP contribution in [0.4, 0.5) is 0 Å². The summed E-state index contributed by atoms with van der Waals surface area (Å²) in [5.74, 6) is 0. The number of rotatable bonds is 4. The van der Waals surface area contributed by atoms with Gasteiger partial charge in [-0.05, 0) is 74.3 Å². The van der Waals surface area contributed by atoms with Crippen molar-refractivity contribution >= 4 is 0 Å². The van der Waals surface area contributed by atoms with Crippen molar-refractivity contribution in [2.24, 2.45) is 0 Å². The van der Waals surface area contributed by atoms with Crippen molar-refractivity contribution in [3.63, 3.8) is 0 Å². The maximum atomic E-state index is 2.50. The molecule has 0 fully saturated rings. The summed E-state index contributed by atoms with van der Waals surface area (Å²) in [5, 5.41) is 0. The normalized spacial score (nSPS) is 13.5. The lowest BCUT2D eigenvalue weighted by molar-refractivity contribution is 0.535. The number of aryl methyl sites for hydroxylation is 1. The summed E-state index contributed by atoms with van der Waals surface area (Å²) in [6.45, 7) is 28.1. The summed E-state index contributed by atoms with van der Waals surface area (Å²) in [7, 11) is 0. The highest BCUT2D eigenvalue weighted by molar-refractivity contribution is 5.47. The quantitative estimate of drug-likeness (QED) is 0.462. The van der Waals surface area contributed by atoms with E-state index in [-0.39, 0.29) is 21.7 Å². The van der Waals surface area contributed by atoms with E-state index in [1.807, 2.05) is 0 Å². The summed E-state index contributed by atoms with van der Waals surface area (Å²) in [6, 6.07) is 14.2. The first-order valence-corrected chi connectivity index (χ1v) is 12.2. The second-order valence-electron chi connectivity index (χ2n) is 13.6. The summed E-state index contributed by atoms with van der Waals surface area (Å²) in [4.78, 5) is 0. The lowest BCUT2D eigenvalue weighted by Gasteiger charge is -2.34. The number of hydrogen-bond acceptors (Lipinski definition) is 0. The van der Waals surface area contributed by atoms with Crippen molar-refractivity contribution in [2.75, 3.05) is 0 Å². The molecule has 0 nitrogen and oxygen atoms in total. The third-order valence-corrected chi connectivity index (χ3v) is 6.42. The fraction of sp³-hybridized carbons (Fsp3) is 0.613. The van der Waals surface area contributed by atoms with Crippen LogP contribution in [0.3, 0.4) is 0 Å². The van der Waals surface area contributed by atoms with E-state index in [0.29, 0.717) is 0 Å². The van der Waals surface area contributed by atoms with Crippen molar-refractivity contribution in [2.45, 2.75) is 124 Å². The van der Waals surface area contributed by atoms with Gasteiger partial charge in [0.2, 0.25) is 0 Å². The van der Waals surface area contributed by atoms with E-state index in [4.69, 9.17) is 0 Å². The van der Waals surface area contributed by atoms with Crippen LogP contribution in [-0.2, 0) is 34.5 Å². The predicted molar refractivity (Wildman–Crippen MR) is 140 cm³/mol. The Morgan fingerprint density at radius 3 is 1.42 bits per heavy atom. The molecule has 0 amide bonds. The van der Waals surface area contributed by atoms with Crippen LogP contribution in [0.2, 0.25) is 0 Å². The Morgan fingerprint density at radius 1 is 0.516 bits per heavy atom. The van der Waals surface area contributed by atoms with E-state index in [0.717, 1.165) is 12.8 Å². The molecule has 172 valence electrons. The molecule has 0 heteroatoms. The molecule has 2 aromatic rings. The van der Waals surface area contributed by atoms with Crippen LogP contribution in [0.15, 0.2) is 36.4 Å². The zero-order chi connectivity index (χ0) is 23.8. The molecule has 0 aromatic heterocycles. The van der Waals surface area contributed by atoms with Crippen LogP contribution in [0.1, 0.15) is 123 Å². The Morgan fingerprint density at radius 2 is 1.00 bits per heavy atom. The highest BCUT2D eigenvalue weighted by Crippen LogP contribution is 2.39. The second kappa shape index (κ2) is 8.76. The van der Waals surface area contributed by atoms with E-state index < -0.39 is 0 Å². The Kier molecular flexibility index (Phi) is 7.26. The van der Waals surface area contributed by atoms with Gasteiger partial charge in [0.15, 0.2) is 0 Å². The van der Waals surface area contributed by atoms with Gasteiger partial charge in [-0.2, -0.15) is 0 Å². The third-order valence-electron chi connectivity index (χ3n) is 6.42. The Balaban J connectivity index is 2.43. The van der Waals surface area contributed by atoms with Gasteiger partial charge >= 0.3 is 0 Å². The maximum Gasteiger partial charge on any atom is -0.0129 e. The smallest absolute Gasteiger partial charge is 0.0129 e. The van der Waals surface area contributed by atoms with Gasteiger partial charge < -0.3 is 0 Å². The van der Waals surface area contributed by atoms with Gasteiger partial charge in [0.1, 0.15) is 0 Å². The molecule has 0 saturated heterocycles. The molecule has 31 heavy (non-hydrogen) atoms. The molecule has 0 aliphatic heterocycles. The molecule has 2 aromatic carbocycles. The minimum atomic E-state index is 0.142. The van der Waals surface area contributed by atoms with Crippen molar-refractivity contribution in [1.82, 2.24) is 0 Å². The molecule has 0 N–H and O–H groups in total. The fourth-order valence-corrected chi connectivity index (χ4v) is 4.38. The molecule has 0 heterocycles. The summed E-state index contributed by atoms with van der Waals surface area (Å²) < 4.78 is 0. The van der Waals surface area contributed by atoms with Crippen LogP contribution in [0.25, 0.3) is 0 Å². The van der Waals surface area contributed by atoms with Gasteiger partial charge in [-0.1, -0.05) is 119 Å². The van der Waals surface area contributed by atoms with Crippen LogP contribution in [-0.4, -0.2) is 0 Å². The standard InChI is InChI=1S/C31H48/c1-28(2,3)23-17-13-15-22(19-23)16-14-18-25-26(30(7,8)9)20-24(29(4,5)6)21-27(25)31(10,11)12/h13,15,17,19-21H,14,16,18H2,1-12H3. The molecular formula is C31H48. The summed E-state index contributed by atoms with van der Waals surface area (Å²) in [6.07, 6.45) is 3.47. The van der Waals surface area contributed by atoms with Gasteiger partial charge in [0, 0.05) is 0 Å². The average molecular weight is 421 g/mol. The molecule has 0 saturated carbocycles. The van der Waals surface area contributed by atoms with Crippen LogP contribution in [0.5, 0.6) is 0 Å². The van der Waals surface area contributed by atoms with Crippen molar-refractivity contribution in [3.05, 3.63) is 69.8 Å². The minimum absolute atomic E-state index is 0.142. The first-order valence-electron chi connectivity index (χ1n) is 12.2. The van der Waals surface area contributed by atoms with Crippen molar-refractivity contribution in [3.8, 4) is 0 Å². The molecule has 0 spiro atoms. The average Bonchev–Trinajstić information content (AvgIpc) is 2.58. The van der Waals surface area contributed by atoms with Gasteiger partial charge in [-0.3, -0.25) is 0 Å². The van der Waals surface area contributed by atoms with Crippen LogP contribution < -0.4 is 0 Å². The largest absolute Gasteiger partial charge is 0.0617 e. The Hall–Kier alpha value is -1.56. The van der Waals surface area contributed by atoms with Gasteiger partial charge in [-0.25, -0.2) is 0 Å². The van der Waals surface area contributed by atoms with E-state index in [9.17, 15) is 0 Å².